The largest absolute Gasteiger partial charge is 0.326 e. The van der Waals surface area contributed by atoms with Crippen LogP contribution in [0, 0.1) is 5.92 Å². The fourth-order valence-electron chi connectivity index (χ4n) is 3.93. The van der Waals surface area contributed by atoms with E-state index in [9.17, 15) is 4.79 Å². The minimum absolute atomic E-state index is 0.0234. The van der Waals surface area contributed by atoms with Crippen LogP contribution >= 0.6 is 0 Å². The summed E-state index contributed by atoms with van der Waals surface area (Å²) < 4.78 is 3.92. The van der Waals surface area contributed by atoms with Crippen LogP contribution in [-0.2, 0) is 6.54 Å². The van der Waals surface area contributed by atoms with E-state index in [0.717, 1.165) is 23.7 Å². The van der Waals surface area contributed by atoms with Gasteiger partial charge in [-0.3, -0.25) is 4.79 Å². The molecule has 7 heteroatoms. The van der Waals surface area contributed by atoms with Gasteiger partial charge >= 0.3 is 0 Å². The SMILES string of the molecule is CC(C)C[C@H]1c2nc(C3CC3)nn2CCN1C(=O)c1ccc2nccn2c1. The highest BCUT2D eigenvalue weighted by Crippen LogP contribution is 2.40. The number of amides is 1. The van der Waals surface area contributed by atoms with Crippen LogP contribution in [0.2, 0.25) is 0 Å². The van der Waals surface area contributed by atoms with Gasteiger partial charge in [-0.1, -0.05) is 13.8 Å². The molecule has 1 aliphatic heterocycles. The Morgan fingerprint density at radius 2 is 2.11 bits per heavy atom. The van der Waals surface area contributed by atoms with E-state index in [1.54, 1.807) is 6.20 Å². The van der Waals surface area contributed by atoms with Gasteiger partial charge in [-0.2, -0.15) is 5.10 Å². The summed E-state index contributed by atoms with van der Waals surface area (Å²) in [5.41, 5.74) is 1.53. The average Bonchev–Trinajstić information content (AvgIpc) is 3.24. The van der Waals surface area contributed by atoms with Gasteiger partial charge in [-0.15, -0.1) is 0 Å². The van der Waals surface area contributed by atoms with Crippen molar-refractivity contribution < 1.29 is 4.79 Å². The minimum Gasteiger partial charge on any atom is -0.326 e. The summed E-state index contributed by atoms with van der Waals surface area (Å²) >= 11 is 0. The van der Waals surface area contributed by atoms with Crippen LogP contribution in [0.15, 0.2) is 30.7 Å². The predicted molar refractivity (Wildman–Crippen MR) is 100 cm³/mol. The molecule has 0 aromatic carbocycles. The van der Waals surface area contributed by atoms with Crippen LogP contribution in [0.4, 0.5) is 0 Å². The zero-order chi connectivity index (χ0) is 18.5. The number of rotatable bonds is 4. The zero-order valence-electron chi connectivity index (χ0n) is 15.7. The number of carbonyl (C=O) groups excluding carboxylic acids is 1. The molecular formula is C20H24N6O. The molecule has 1 atom stereocenters. The predicted octanol–water partition coefficient (Wildman–Crippen LogP) is 3.05. The molecule has 5 rings (SSSR count). The van der Waals surface area contributed by atoms with Gasteiger partial charge in [0.1, 0.15) is 11.5 Å². The average molecular weight is 364 g/mol. The van der Waals surface area contributed by atoms with Crippen molar-refractivity contribution in [1.82, 2.24) is 29.0 Å². The number of aromatic nitrogens is 5. The van der Waals surface area contributed by atoms with E-state index in [0.29, 0.717) is 30.5 Å². The first-order valence-corrected chi connectivity index (χ1v) is 9.78. The Labute approximate surface area is 158 Å². The van der Waals surface area contributed by atoms with E-state index >= 15 is 0 Å². The molecule has 140 valence electrons. The molecule has 3 aromatic heterocycles. The van der Waals surface area contributed by atoms with Gasteiger partial charge in [0.25, 0.3) is 5.91 Å². The molecule has 2 aliphatic rings. The van der Waals surface area contributed by atoms with Crippen molar-refractivity contribution in [2.45, 2.75) is 51.6 Å². The summed E-state index contributed by atoms with van der Waals surface area (Å²) in [4.78, 5) is 24.5. The highest BCUT2D eigenvalue weighted by Gasteiger charge is 2.37. The van der Waals surface area contributed by atoms with Crippen molar-refractivity contribution in [1.29, 1.82) is 0 Å². The van der Waals surface area contributed by atoms with Gasteiger partial charge in [0, 0.05) is 31.1 Å². The molecule has 1 amide bonds. The Morgan fingerprint density at radius 1 is 1.26 bits per heavy atom. The third-order valence-electron chi connectivity index (χ3n) is 5.48. The second kappa shape index (κ2) is 6.18. The van der Waals surface area contributed by atoms with Crippen LogP contribution in [0.1, 0.15) is 67.1 Å². The van der Waals surface area contributed by atoms with Crippen LogP contribution in [0.5, 0.6) is 0 Å². The summed E-state index contributed by atoms with van der Waals surface area (Å²) in [6, 6.07) is 3.73. The first kappa shape index (κ1) is 16.5. The number of imidazole rings is 1. The molecule has 1 fully saturated rings. The molecule has 7 nitrogen and oxygen atoms in total. The first-order chi connectivity index (χ1) is 13.1. The molecule has 27 heavy (non-hydrogen) atoms. The maximum Gasteiger partial charge on any atom is 0.256 e. The summed E-state index contributed by atoms with van der Waals surface area (Å²) in [7, 11) is 0. The molecule has 0 bridgehead atoms. The maximum absolute atomic E-state index is 13.4. The van der Waals surface area contributed by atoms with Crippen molar-refractivity contribution in [2.24, 2.45) is 5.92 Å². The molecule has 4 heterocycles. The smallest absolute Gasteiger partial charge is 0.256 e. The number of fused-ring (bicyclic) bond motifs is 2. The number of carbonyl (C=O) groups is 1. The molecule has 0 N–H and O–H groups in total. The third kappa shape index (κ3) is 2.91. The highest BCUT2D eigenvalue weighted by molar-refractivity contribution is 5.94. The topological polar surface area (TPSA) is 68.3 Å². The van der Waals surface area contributed by atoms with Gasteiger partial charge in [0.15, 0.2) is 5.82 Å². The summed E-state index contributed by atoms with van der Waals surface area (Å²) in [5, 5.41) is 4.73. The monoisotopic (exact) mass is 364 g/mol. The Balaban J connectivity index is 1.50. The molecule has 1 aliphatic carbocycles. The van der Waals surface area contributed by atoms with E-state index in [4.69, 9.17) is 10.1 Å². The zero-order valence-corrected chi connectivity index (χ0v) is 15.7. The Bertz CT molecular complexity index is 999. The summed E-state index contributed by atoms with van der Waals surface area (Å²) in [5.74, 6) is 2.96. The number of pyridine rings is 1. The molecule has 0 radical (unpaired) electrons. The second-order valence-corrected chi connectivity index (χ2v) is 8.08. The van der Waals surface area contributed by atoms with Crippen molar-refractivity contribution in [3.05, 3.63) is 47.9 Å². The van der Waals surface area contributed by atoms with Gasteiger partial charge in [-0.25, -0.2) is 14.6 Å². The Kier molecular flexibility index (Phi) is 3.77. The van der Waals surface area contributed by atoms with Crippen molar-refractivity contribution in [3.8, 4) is 0 Å². The van der Waals surface area contributed by atoms with Crippen LogP contribution in [0.3, 0.4) is 0 Å². The lowest BCUT2D eigenvalue weighted by molar-refractivity contribution is 0.0578. The van der Waals surface area contributed by atoms with Gasteiger partial charge in [-0.05, 0) is 37.3 Å². The van der Waals surface area contributed by atoms with Crippen LogP contribution < -0.4 is 0 Å². The number of nitrogens with zero attached hydrogens (tertiary/aromatic N) is 6. The summed E-state index contributed by atoms with van der Waals surface area (Å²) in [6.45, 7) is 5.76. The lowest BCUT2D eigenvalue weighted by Gasteiger charge is -2.36. The van der Waals surface area contributed by atoms with Crippen molar-refractivity contribution in [2.75, 3.05) is 6.54 Å². The molecule has 0 saturated heterocycles. The first-order valence-electron chi connectivity index (χ1n) is 9.78. The van der Waals surface area contributed by atoms with Crippen LogP contribution in [-0.4, -0.2) is 41.5 Å². The molecule has 0 unspecified atom stereocenters. The Hall–Kier alpha value is -2.70. The van der Waals surface area contributed by atoms with Crippen molar-refractivity contribution >= 4 is 11.6 Å². The minimum atomic E-state index is -0.0234. The van der Waals surface area contributed by atoms with E-state index in [-0.39, 0.29) is 11.9 Å². The van der Waals surface area contributed by atoms with Gasteiger partial charge < -0.3 is 9.30 Å². The van der Waals surface area contributed by atoms with Gasteiger partial charge in [0.05, 0.1) is 18.2 Å². The molecule has 1 saturated carbocycles. The third-order valence-corrected chi connectivity index (χ3v) is 5.48. The van der Waals surface area contributed by atoms with E-state index in [2.05, 4.69) is 18.8 Å². The van der Waals surface area contributed by atoms with E-state index in [1.165, 1.54) is 12.8 Å². The molecule has 0 spiro atoms. The van der Waals surface area contributed by atoms with Crippen molar-refractivity contribution in [3.63, 3.8) is 0 Å². The molecule has 3 aromatic rings. The van der Waals surface area contributed by atoms with E-state index < -0.39 is 0 Å². The van der Waals surface area contributed by atoms with Gasteiger partial charge in [0.2, 0.25) is 0 Å². The molecular weight excluding hydrogens is 340 g/mol. The fourth-order valence-corrected chi connectivity index (χ4v) is 3.93. The normalized spacial score (nSPS) is 19.7. The lowest BCUT2D eigenvalue weighted by atomic mass is 9.99. The summed E-state index contributed by atoms with van der Waals surface area (Å²) in [6.07, 6.45) is 8.74. The standard InChI is InChI=1S/C20H24N6O/c1-13(2)11-16-19-22-18(14-3-4-14)23-26(19)10-9-25(16)20(27)15-5-6-17-21-7-8-24(17)12-15/h5-8,12-14,16H,3-4,9-11H2,1-2H3/t16-/m0/s1. The fraction of sp³-hybridized carbons (Fsp3) is 0.500. The highest BCUT2D eigenvalue weighted by atomic mass is 16.2. The number of hydrogen-bond donors (Lipinski definition) is 0. The van der Waals surface area contributed by atoms with Crippen LogP contribution in [0.25, 0.3) is 5.65 Å². The van der Waals surface area contributed by atoms with E-state index in [1.807, 2.05) is 38.5 Å². The quantitative estimate of drug-likeness (QED) is 0.713. The number of hydrogen-bond acceptors (Lipinski definition) is 4. The Morgan fingerprint density at radius 3 is 2.89 bits per heavy atom. The maximum atomic E-state index is 13.4. The lowest BCUT2D eigenvalue weighted by Crippen LogP contribution is -2.43. The second-order valence-electron chi connectivity index (χ2n) is 8.08.